The summed E-state index contributed by atoms with van der Waals surface area (Å²) >= 11 is 0. The molecule has 0 amide bonds. The Labute approximate surface area is 148 Å². The molecule has 0 bridgehead atoms. The number of benzene rings is 2. The van der Waals surface area contributed by atoms with Gasteiger partial charge in [0.1, 0.15) is 6.61 Å². The molecule has 1 saturated heterocycles. The molecule has 1 aliphatic heterocycles. The molecule has 3 rings (SSSR count). The first-order valence-corrected chi connectivity index (χ1v) is 9.81. The SMILES string of the molecule is Cc1ccc(C)c(COC(=O)c2ccc(N3CCCS3(=O)=O)cc2)c1. The predicted molar refractivity (Wildman–Crippen MR) is 97.2 cm³/mol. The minimum Gasteiger partial charge on any atom is -0.457 e. The van der Waals surface area contributed by atoms with Crippen LogP contribution >= 0.6 is 0 Å². The Morgan fingerprint density at radius 2 is 1.84 bits per heavy atom. The molecular weight excluding hydrogens is 338 g/mol. The van der Waals surface area contributed by atoms with Crippen molar-refractivity contribution in [2.45, 2.75) is 26.9 Å². The molecule has 0 aliphatic carbocycles. The molecule has 0 atom stereocenters. The second kappa shape index (κ2) is 6.88. The van der Waals surface area contributed by atoms with Crippen molar-refractivity contribution < 1.29 is 17.9 Å². The van der Waals surface area contributed by atoms with E-state index in [1.54, 1.807) is 24.3 Å². The lowest BCUT2D eigenvalue weighted by molar-refractivity contribution is 0.0472. The molecule has 2 aromatic carbocycles. The van der Waals surface area contributed by atoms with Gasteiger partial charge in [0.05, 0.1) is 17.0 Å². The molecule has 0 radical (unpaired) electrons. The maximum Gasteiger partial charge on any atom is 0.338 e. The van der Waals surface area contributed by atoms with Gasteiger partial charge in [0.15, 0.2) is 0 Å². The monoisotopic (exact) mass is 359 g/mol. The molecule has 0 N–H and O–H groups in total. The van der Waals surface area contributed by atoms with E-state index in [0.29, 0.717) is 24.2 Å². The number of aryl methyl sites for hydroxylation is 2. The molecule has 0 saturated carbocycles. The van der Waals surface area contributed by atoms with Crippen molar-refractivity contribution in [3.8, 4) is 0 Å². The summed E-state index contributed by atoms with van der Waals surface area (Å²) < 4.78 is 30.6. The Bertz CT molecular complexity index is 888. The smallest absolute Gasteiger partial charge is 0.338 e. The van der Waals surface area contributed by atoms with E-state index in [4.69, 9.17) is 4.74 Å². The summed E-state index contributed by atoms with van der Waals surface area (Å²) in [6.07, 6.45) is 0.627. The largest absolute Gasteiger partial charge is 0.457 e. The third-order valence-corrected chi connectivity index (χ3v) is 6.22. The second-order valence-electron chi connectivity index (χ2n) is 6.29. The van der Waals surface area contributed by atoms with Crippen LogP contribution in [-0.4, -0.2) is 26.7 Å². The number of anilines is 1. The lowest BCUT2D eigenvalue weighted by Gasteiger charge is -2.17. The Morgan fingerprint density at radius 3 is 2.48 bits per heavy atom. The number of esters is 1. The summed E-state index contributed by atoms with van der Waals surface area (Å²) in [7, 11) is -3.21. The van der Waals surface area contributed by atoms with Gasteiger partial charge in [-0.05, 0) is 55.7 Å². The number of rotatable bonds is 4. The van der Waals surface area contributed by atoms with Crippen LogP contribution in [0.3, 0.4) is 0 Å². The van der Waals surface area contributed by atoms with E-state index in [0.717, 1.165) is 16.7 Å². The van der Waals surface area contributed by atoms with Gasteiger partial charge in [-0.2, -0.15) is 0 Å². The number of carbonyl (C=O) groups excluding carboxylic acids is 1. The molecule has 6 heteroatoms. The highest BCUT2D eigenvalue weighted by molar-refractivity contribution is 7.93. The zero-order valence-corrected chi connectivity index (χ0v) is 15.2. The lowest BCUT2D eigenvalue weighted by atomic mass is 10.1. The van der Waals surface area contributed by atoms with E-state index < -0.39 is 16.0 Å². The molecule has 1 heterocycles. The first-order chi connectivity index (χ1) is 11.9. The van der Waals surface area contributed by atoms with Crippen LogP contribution in [0.5, 0.6) is 0 Å². The Kier molecular flexibility index (Phi) is 4.81. The van der Waals surface area contributed by atoms with Crippen LogP contribution in [0.4, 0.5) is 5.69 Å². The fourth-order valence-electron chi connectivity index (χ4n) is 2.88. The van der Waals surface area contributed by atoms with Crippen LogP contribution in [-0.2, 0) is 21.4 Å². The second-order valence-corrected chi connectivity index (χ2v) is 8.31. The molecule has 0 aromatic heterocycles. The number of hydrogen-bond donors (Lipinski definition) is 0. The molecule has 0 spiro atoms. The zero-order valence-electron chi connectivity index (χ0n) is 14.4. The fourth-order valence-corrected chi connectivity index (χ4v) is 4.44. The van der Waals surface area contributed by atoms with Crippen molar-refractivity contribution in [3.05, 3.63) is 64.7 Å². The van der Waals surface area contributed by atoms with E-state index in [-0.39, 0.29) is 12.4 Å². The van der Waals surface area contributed by atoms with E-state index in [1.807, 2.05) is 32.0 Å². The number of nitrogens with zero attached hydrogens (tertiary/aromatic N) is 1. The van der Waals surface area contributed by atoms with Crippen molar-refractivity contribution >= 4 is 21.7 Å². The van der Waals surface area contributed by atoms with Crippen LogP contribution in [0.1, 0.15) is 33.5 Å². The van der Waals surface area contributed by atoms with E-state index in [2.05, 4.69) is 0 Å². The van der Waals surface area contributed by atoms with Gasteiger partial charge in [0.25, 0.3) is 0 Å². The van der Waals surface area contributed by atoms with Gasteiger partial charge >= 0.3 is 5.97 Å². The third-order valence-electron chi connectivity index (χ3n) is 4.35. The van der Waals surface area contributed by atoms with Crippen LogP contribution < -0.4 is 4.31 Å². The minimum atomic E-state index is -3.21. The molecule has 25 heavy (non-hydrogen) atoms. The summed E-state index contributed by atoms with van der Waals surface area (Å²) in [5, 5.41) is 0. The number of sulfonamides is 1. The van der Waals surface area contributed by atoms with Gasteiger partial charge in [0.2, 0.25) is 10.0 Å². The number of hydrogen-bond acceptors (Lipinski definition) is 4. The van der Waals surface area contributed by atoms with Crippen molar-refractivity contribution in [1.29, 1.82) is 0 Å². The lowest BCUT2D eigenvalue weighted by Crippen LogP contribution is -2.25. The van der Waals surface area contributed by atoms with Gasteiger partial charge < -0.3 is 4.74 Å². The van der Waals surface area contributed by atoms with E-state index >= 15 is 0 Å². The summed E-state index contributed by atoms with van der Waals surface area (Å²) in [6, 6.07) is 12.5. The van der Waals surface area contributed by atoms with Crippen molar-refractivity contribution in [2.24, 2.45) is 0 Å². The molecule has 1 aliphatic rings. The van der Waals surface area contributed by atoms with Gasteiger partial charge in [-0.3, -0.25) is 4.31 Å². The van der Waals surface area contributed by atoms with Gasteiger partial charge in [-0.25, -0.2) is 13.2 Å². The standard InChI is InChI=1S/C19H21NO4S/c1-14-4-5-15(2)17(12-14)13-24-19(21)16-6-8-18(9-7-16)20-10-3-11-25(20,22)23/h4-9,12H,3,10-11,13H2,1-2H3. The third kappa shape index (κ3) is 3.85. The number of ether oxygens (including phenoxy) is 1. The summed E-state index contributed by atoms with van der Waals surface area (Å²) in [4.78, 5) is 12.2. The average molecular weight is 359 g/mol. The Hall–Kier alpha value is -2.34. The molecular formula is C19H21NO4S. The van der Waals surface area contributed by atoms with Crippen LogP contribution in [0.2, 0.25) is 0 Å². The average Bonchev–Trinajstić information content (AvgIpc) is 2.95. The van der Waals surface area contributed by atoms with Gasteiger partial charge in [-0.15, -0.1) is 0 Å². The summed E-state index contributed by atoms with van der Waals surface area (Å²) in [6.45, 7) is 4.68. The Balaban J connectivity index is 1.68. The molecule has 1 fully saturated rings. The molecule has 2 aromatic rings. The highest BCUT2D eigenvalue weighted by Crippen LogP contribution is 2.24. The van der Waals surface area contributed by atoms with Crippen LogP contribution in [0, 0.1) is 13.8 Å². The summed E-state index contributed by atoms with van der Waals surface area (Å²) in [5.74, 6) is -0.246. The van der Waals surface area contributed by atoms with Crippen molar-refractivity contribution in [3.63, 3.8) is 0 Å². The normalized spacial score (nSPS) is 16.0. The maximum absolute atomic E-state index is 12.2. The molecule has 132 valence electrons. The van der Waals surface area contributed by atoms with E-state index in [9.17, 15) is 13.2 Å². The van der Waals surface area contributed by atoms with Crippen molar-refractivity contribution in [2.75, 3.05) is 16.6 Å². The topological polar surface area (TPSA) is 63.7 Å². The van der Waals surface area contributed by atoms with Gasteiger partial charge in [-0.1, -0.05) is 23.8 Å². The summed E-state index contributed by atoms with van der Waals surface area (Å²) in [5.41, 5.74) is 4.17. The van der Waals surface area contributed by atoms with Crippen LogP contribution in [0.25, 0.3) is 0 Å². The first kappa shape index (κ1) is 17.5. The molecule has 0 unspecified atom stereocenters. The fraction of sp³-hybridized carbons (Fsp3) is 0.316. The highest BCUT2D eigenvalue weighted by Gasteiger charge is 2.28. The molecule has 5 nitrogen and oxygen atoms in total. The minimum absolute atomic E-state index is 0.173. The van der Waals surface area contributed by atoms with Crippen LogP contribution in [0.15, 0.2) is 42.5 Å². The first-order valence-electron chi connectivity index (χ1n) is 8.20. The van der Waals surface area contributed by atoms with E-state index in [1.165, 1.54) is 4.31 Å². The zero-order chi connectivity index (χ0) is 18.0. The quantitative estimate of drug-likeness (QED) is 0.787. The number of carbonyl (C=O) groups is 1. The van der Waals surface area contributed by atoms with Crippen molar-refractivity contribution in [1.82, 2.24) is 0 Å². The highest BCUT2D eigenvalue weighted by atomic mass is 32.2. The maximum atomic E-state index is 12.2. The Morgan fingerprint density at radius 1 is 1.12 bits per heavy atom. The van der Waals surface area contributed by atoms with Gasteiger partial charge in [0, 0.05) is 6.54 Å². The predicted octanol–water partition coefficient (Wildman–Crippen LogP) is 3.20.